The summed E-state index contributed by atoms with van der Waals surface area (Å²) in [5.74, 6) is 1.76. The Bertz CT molecular complexity index is 932. The number of aromatic nitrogens is 3. The lowest BCUT2D eigenvalue weighted by Crippen LogP contribution is -2.41. The van der Waals surface area contributed by atoms with Gasteiger partial charge in [0.2, 0.25) is 0 Å². The van der Waals surface area contributed by atoms with Crippen molar-refractivity contribution in [3.05, 3.63) is 60.0 Å². The molecule has 0 bridgehead atoms. The van der Waals surface area contributed by atoms with Crippen molar-refractivity contribution in [3.63, 3.8) is 0 Å². The molecule has 0 spiro atoms. The van der Waals surface area contributed by atoms with Gasteiger partial charge in [0.15, 0.2) is 11.6 Å². The van der Waals surface area contributed by atoms with Gasteiger partial charge in [-0.1, -0.05) is 18.2 Å². The number of benzene rings is 1. The van der Waals surface area contributed by atoms with Crippen LogP contribution in [0, 0.1) is 6.92 Å². The first-order chi connectivity index (χ1) is 14.2. The summed E-state index contributed by atoms with van der Waals surface area (Å²) in [4.78, 5) is 7.07. The molecular weight excluding hydrogens is 362 g/mol. The highest BCUT2D eigenvalue weighted by Gasteiger charge is 2.06. The van der Waals surface area contributed by atoms with Gasteiger partial charge in [0.05, 0.1) is 0 Å². The maximum Gasteiger partial charge on any atom is 0.191 e. The van der Waals surface area contributed by atoms with Crippen LogP contribution in [0.3, 0.4) is 0 Å². The maximum atomic E-state index is 4.70. The second kappa shape index (κ2) is 10.5. The molecule has 0 radical (unpaired) electrons. The highest BCUT2D eigenvalue weighted by Crippen LogP contribution is 2.14. The van der Waals surface area contributed by atoms with Gasteiger partial charge in [-0.2, -0.15) is 0 Å². The SMILES string of the molecule is CCNC(=NCCc1nnc2ccccn12)NCCN(CC)c1cccc(C)c1. The molecule has 0 atom stereocenters. The number of hydrogen-bond acceptors (Lipinski definition) is 4. The van der Waals surface area contributed by atoms with Gasteiger partial charge in [-0.3, -0.25) is 9.39 Å². The summed E-state index contributed by atoms with van der Waals surface area (Å²) in [6.07, 6.45) is 2.73. The Kier molecular flexibility index (Phi) is 7.44. The molecule has 0 saturated heterocycles. The zero-order valence-electron chi connectivity index (χ0n) is 17.6. The van der Waals surface area contributed by atoms with Crippen molar-refractivity contribution >= 4 is 17.3 Å². The lowest BCUT2D eigenvalue weighted by Gasteiger charge is -2.24. The van der Waals surface area contributed by atoms with Gasteiger partial charge < -0.3 is 15.5 Å². The first-order valence-electron chi connectivity index (χ1n) is 10.3. The second-order valence-corrected chi connectivity index (χ2v) is 6.90. The normalized spacial score (nSPS) is 11.6. The molecule has 7 nitrogen and oxygen atoms in total. The number of aryl methyl sites for hydroxylation is 1. The molecule has 0 aliphatic carbocycles. The van der Waals surface area contributed by atoms with Gasteiger partial charge in [-0.15, -0.1) is 10.2 Å². The number of likely N-dealkylation sites (N-methyl/N-ethyl adjacent to an activating group) is 1. The first kappa shape index (κ1) is 20.6. The number of hydrogen-bond donors (Lipinski definition) is 2. The predicted molar refractivity (Wildman–Crippen MR) is 120 cm³/mol. The van der Waals surface area contributed by atoms with E-state index in [1.165, 1.54) is 11.3 Å². The lowest BCUT2D eigenvalue weighted by atomic mass is 10.2. The first-order valence-corrected chi connectivity index (χ1v) is 10.3. The third kappa shape index (κ3) is 5.70. The minimum absolute atomic E-state index is 0.653. The number of fused-ring (bicyclic) bond motifs is 1. The van der Waals surface area contributed by atoms with E-state index >= 15 is 0 Å². The van der Waals surface area contributed by atoms with Gasteiger partial charge in [0.1, 0.15) is 5.82 Å². The Labute approximate surface area is 172 Å². The number of nitrogens with zero attached hydrogens (tertiary/aromatic N) is 5. The van der Waals surface area contributed by atoms with Crippen molar-refractivity contribution in [1.29, 1.82) is 0 Å². The largest absolute Gasteiger partial charge is 0.370 e. The number of anilines is 1. The number of aliphatic imine (C=N–C) groups is 1. The monoisotopic (exact) mass is 393 g/mol. The molecule has 0 aliphatic rings. The van der Waals surface area contributed by atoms with Gasteiger partial charge in [0, 0.05) is 51.0 Å². The van der Waals surface area contributed by atoms with Crippen molar-refractivity contribution in [2.45, 2.75) is 27.2 Å². The van der Waals surface area contributed by atoms with Crippen LogP contribution in [0.25, 0.3) is 5.65 Å². The highest BCUT2D eigenvalue weighted by atomic mass is 15.2. The molecule has 2 heterocycles. The third-order valence-electron chi connectivity index (χ3n) is 4.76. The van der Waals surface area contributed by atoms with Crippen LogP contribution in [-0.4, -0.2) is 53.3 Å². The molecular formula is C22H31N7. The van der Waals surface area contributed by atoms with E-state index in [1.54, 1.807) is 0 Å². The van der Waals surface area contributed by atoms with Crippen molar-refractivity contribution < 1.29 is 0 Å². The lowest BCUT2D eigenvalue weighted by molar-refractivity contribution is 0.748. The molecule has 2 aromatic heterocycles. The van der Waals surface area contributed by atoms with Crippen LogP contribution in [-0.2, 0) is 6.42 Å². The Balaban J connectivity index is 1.53. The van der Waals surface area contributed by atoms with Gasteiger partial charge >= 0.3 is 0 Å². The van der Waals surface area contributed by atoms with Crippen LogP contribution in [0.5, 0.6) is 0 Å². The summed E-state index contributed by atoms with van der Waals surface area (Å²) in [7, 11) is 0. The van der Waals surface area contributed by atoms with E-state index in [9.17, 15) is 0 Å². The van der Waals surface area contributed by atoms with Crippen LogP contribution >= 0.6 is 0 Å². The smallest absolute Gasteiger partial charge is 0.191 e. The molecule has 0 amide bonds. The summed E-state index contributed by atoms with van der Waals surface area (Å²) in [5, 5.41) is 15.2. The fourth-order valence-corrected chi connectivity index (χ4v) is 3.27. The molecule has 2 N–H and O–H groups in total. The Hall–Kier alpha value is -3.09. The maximum absolute atomic E-state index is 4.70. The number of guanidine groups is 1. The fourth-order valence-electron chi connectivity index (χ4n) is 3.27. The van der Waals surface area contributed by atoms with Crippen molar-refractivity contribution in [3.8, 4) is 0 Å². The molecule has 29 heavy (non-hydrogen) atoms. The van der Waals surface area contributed by atoms with Crippen molar-refractivity contribution in [2.75, 3.05) is 37.6 Å². The minimum Gasteiger partial charge on any atom is -0.370 e. The average Bonchev–Trinajstić information content (AvgIpc) is 3.14. The van der Waals surface area contributed by atoms with Crippen molar-refractivity contribution in [1.82, 2.24) is 25.2 Å². The Morgan fingerprint density at radius 3 is 2.79 bits per heavy atom. The second-order valence-electron chi connectivity index (χ2n) is 6.90. The number of pyridine rings is 1. The summed E-state index contributed by atoms with van der Waals surface area (Å²) in [5.41, 5.74) is 3.41. The van der Waals surface area contributed by atoms with Gasteiger partial charge in [-0.05, 0) is 50.6 Å². The third-order valence-corrected chi connectivity index (χ3v) is 4.76. The van der Waals surface area contributed by atoms with E-state index in [-0.39, 0.29) is 0 Å². The van der Waals surface area contributed by atoms with Crippen LogP contribution < -0.4 is 15.5 Å². The number of rotatable bonds is 9. The zero-order chi connectivity index (χ0) is 20.5. The summed E-state index contributed by atoms with van der Waals surface area (Å²) in [6, 6.07) is 14.5. The zero-order valence-corrected chi connectivity index (χ0v) is 17.6. The van der Waals surface area contributed by atoms with Crippen LogP contribution in [0.15, 0.2) is 53.7 Å². The Morgan fingerprint density at radius 1 is 1.10 bits per heavy atom. The van der Waals surface area contributed by atoms with Gasteiger partial charge in [-0.25, -0.2) is 0 Å². The van der Waals surface area contributed by atoms with Crippen LogP contribution in [0.1, 0.15) is 25.2 Å². The fraction of sp³-hybridized carbons (Fsp3) is 0.409. The Morgan fingerprint density at radius 2 is 2.00 bits per heavy atom. The molecule has 0 saturated carbocycles. The summed E-state index contributed by atoms with van der Waals surface area (Å²) >= 11 is 0. The van der Waals surface area contributed by atoms with Crippen molar-refractivity contribution in [2.24, 2.45) is 4.99 Å². The summed E-state index contributed by atoms with van der Waals surface area (Å²) in [6.45, 7) is 10.6. The minimum atomic E-state index is 0.653. The number of nitrogens with one attached hydrogen (secondary N) is 2. The molecule has 0 fully saturated rings. The molecule has 1 aromatic carbocycles. The highest BCUT2D eigenvalue weighted by molar-refractivity contribution is 5.79. The van der Waals surface area contributed by atoms with E-state index in [1.807, 2.05) is 28.8 Å². The molecule has 7 heteroatoms. The molecule has 3 aromatic rings. The average molecular weight is 394 g/mol. The molecule has 0 aliphatic heterocycles. The van der Waals surface area contributed by atoms with E-state index in [2.05, 4.69) is 70.8 Å². The van der Waals surface area contributed by atoms with E-state index in [4.69, 9.17) is 4.99 Å². The van der Waals surface area contributed by atoms with E-state index in [0.717, 1.165) is 50.0 Å². The van der Waals surface area contributed by atoms with Crippen LogP contribution in [0.4, 0.5) is 5.69 Å². The summed E-state index contributed by atoms with van der Waals surface area (Å²) < 4.78 is 2.01. The van der Waals surface area contributed by atoms with E-state index < -0.39 is 0 Å². The quantitative estimate of drug-likeness (QED) is 0.432. The van der Waals surface area contributed by atoms with Crippen LogP contribution in [0.2, 0.25) is 0 Å². The molecule has 3 rings (SSSR count). The molecule has 0 unspecified atom stereocenters. The van der Waals surface area contributed by atoms with Gasteiger partial charge in [0.25, 0.3) is 0 Å². The topological polar surface area (TPSA) is 69.8 Å². The molecule has 154 valence electrons. The predicted octanol–water partition coefficient (Wildman–Crippen LogP) is 2.66. The van der Waals surface area contributed by atoms with E-state index in [0.29, 0.717) is 6.54 Å². The standard InChI is InChI=1S/C22H31N7/c1-4-23-22(24-13-12-21-27-26-20-11-6-7-15-29(20)21)25-14-16-28(5-2)19-10-8-9-18(3)17-19/h6-11,15,17H,4-5,12-14,16H2,1-3H3,(H2,23,24,25).